The summed E-state index contributed by atoms with van der Waals surface area (Å²) in [5.41, 5.74) is 11.3. The van der Waals surface area contributed by atoms with E-state index < -0.39 is 5.92 Å². The molecule has 176 valence electrons. The van der Waals surface area contributed by atoms with Crippen LogP contribution in [0.2, 0.25) is 0 Å². The number of ketones is 1. The van der Waals surface area contributed by atoms with Crippen LogP contribution in [0.25, 0.3) is 0 Å². The van der Waals surface area contributed by atoms with Crippen LogP contribution in [0.4, 0.5) is 0 Å². The van der Waals surface area contributed by atoms with Crippen LogP contribution in [-0.4, -0.2) is 24.3 Å². The number of carbonyl (C=O) groups excluding carboxylic acids is 1. The maximum absolute atomic E-state index is 13.1. The second-order valence-corrected chi connectivity index (χ2v) is 9.42. The van der Waals surface area contributed by atoms with Gasteiger partial charge in [0.2, 0.25) is 0 Å². The number of benzene rings is 2. The van der Waals surface area contributed by atoms with E-state index in [1.807, 2.05) is 57.3 Å². The molecular formula is C27H28BrN3O3. The summed E-state index contributed by atoms with van der Waals surface area (Å²) in [4.78, 5) is 14.9. The molecule has 0 radical (unpaired) electrons. The number of nitriles is 1. The fraction of sp³-hybridized carbons (Fsp3) is 0.333. The molecule has 0 bridgehead atoms. The molecule has 34 heavy (non-hydrogen) atoms. The van der Waals surface area contributed by atoms with Crippen molar-refractivity contribution in [2.24, 2.45) is 5.73 Å². The van der Waals surface area contributed by atoms with Gasteiger partial charge in [0.25, 0.3) is 0 Å². The van der Waals surface area contributed by atoms with Crippen LogP contribution in [0.1, 0.15) is 48.8 Å². The zero-order valence-corrected chi connectivity index (χ0v) is 21.2. The smallest absolute Gasteiger partial charge is 0.162 e. The first-order valence-electron chi connectivity index (χ1n) is 11.4. The highest BCUT2D eigenvalue weighted by Gasteiger charge is 2.39. The Morgan fingerprint density at radius 2 is 1.88 bits per heavy atom. The van der Waals surface area contributed by atoms with Crippen molar-refractivity contribution in [1.82, 2.24) is 4.90 Å². The van der Waals surface area contributed by atoms with E-state index in [-0.39, 0.29) is 5.78 Å². The van der Waals surface area contributed by atoms with Crippen molar-refractivity contribution >= 4 is 21.7 Å². The first kappa shape index (κ1) is 23.9. The predicted octanol–water partition coefficient (Wildman–Crippen LogP) is 5.47. The van der Waals surface area contributed by atoms with Gasteiger partial charge in [-0.3, -0.25) is 4.79 Å². The number of rotatable bonds is 6. The molecule has 0 fully saturated rings. The predicted molar refractivity (Wildman–Crippen MR) is 134 cm³/mol. The van der Waals surface area contributed by atoms with Gasteiger partial charge in [-0.1, -0.05) is 45.8 Å². The van der Waals surface area contributed by atoms with Crippen molar-refractivity contribution in [2.75, 3.05) is 13.7 Å². The van der Waals surface area contributed by atoms with E-state index in [1.165, 1.54) is 5.56 Å². The molecule has 1 aliphatic carbocycles. The molecule has 1 aliphatic heterocycles. The summed E-state index contributed by atoms with van der Waals surface area (Å²) >= 11 is 3.68. The maximum Gasteiger partial charge on any atom is 0.162 e. The molecule has 1 atom stereocenters. The lowest BCUT2D eigenvalue weighted by Gasteiger charge is -2.38. The fourth-order valence-electron chi connectivity index (χ4n) is 4.57. The van der Waals surface area contributed by atoms with Crippen molar-refractivity contribution in [1.29, 1.82) is 5.26 Å². The van der Waals surface area contributed by atoms with Crippen LogP contribution in [0.15, 0.2) is 63.5 Å². The van der Waals surface area contributed by atoms with Gasteiger partial charge in [-0.25, -0.2) is 0 Å². The summed E-state index contributed by atoms with van der Waals surface area (Å²) < 4.78 is 12.8. The van der Waals surface area contributed by atoms with Crippen LogP contribution in [-0.2, 0) is 11.4 Å². The van der Waals surface area contributed by atoms with Gasteiger partial charge in [0.05, 0.1) is 24.2 Å². The fourth-order valence-corrected chi connectivity index (χ4v) is 5.12. The second kappa shape index (κ2) is 9.94. The Labute approximate surface area is 208 Å². The summed E-state index contributed by atoms with van der Waals surface area (Å²) in [6, 6.07) is 14.2. The van der Waals surface area contributed by atoms with Gasteiger partial charge in [0.15, 0.2) is 17.3 Å². The van der Waals surface area contributed by atoms with E-state index in [0.717, 1.165) is 34.1 Å². The molecule has 2 aromatic rings. The van der Waals surface area contributed by atoms with Gasteiger partial charge in [-0.05, 0) is 49.9 Å². The lowest BCUT2D eigenvalue weighted by atomic mass is 9.76. The van der Waals surface area contributed by atoms with E-state index >= 15 is 0 Å². The maximum atomic E-state index is 13.1. The highest BCUT2D eigenvalue weighted by Crippen LogP contribution is 2.48. The van der Waals surface area contributed by atoms with Crippen molar-refractivity contribution in [3.8, 4) is 17.6 Å². The number of hydrogen-bond donors (Lipinski definition) is 1. The number of Topliss-reactive ketones (excluding diaryl/α,β-unsaturated/α-hetero) is 1. The zero-order chi connectivity index (χ0) is 24.4. The molecule has 0 saturated heterocycles. The summed E-state index contributed by atoms with van der Waals surface area (Å²) in [7, 11) is 1.82. The summed E-state index contributed by atoms with van der Waals surface area (Å²) in [6.07, 6.45) is 2.00. The minimum Gasteiger partial charge on any atom is -0.490 e. The molecule has 7 heteroatoms. The average molecular weight is 522 g/mol. The number of halogens is 1. The largest absolute Gasteiger partial charge is 0.490 e. The minimum absolute atomic E-state index is 0.0582. The molecular weight excluding hydrogens is 494 g/mol. The number of hydrogen-bond acceptors (Lipinski definition) is 6. The van der Waals surface area contributed by atoms with Crippen LogP contribution >= 0.6 is 15.9 Å². The van der Waals surface area contributed by atoms with E-state index in [1.54, 1.807) is 4.90 Å². The third kappa shape index (κ3) is 4.43. The molecule has 4 rings (SSSR count). The quantitative estimate of drug-likeness (QED) is 0.542. The van der Waals surface area contributed by atoms with Crippen molar-refractivity contribution in [2.45, 2.75) is 45.6 Å². The first-order chi connectivity index (χ1) is 16.3. The van der Waals surface area contributed by atoms with E-state index in [9.17, 15) is 10.1 Å². The molecule has 0 aromatic heterocycles. The molecule has 0 spiro atoms. The third-order valence-corrected chi connectivity index (χ3v) is 7.04. The van der Waals surface area contributed by atoms with Gasteiger partial charge in [-0.2, -0.15) is 5.26 Å². The number of nitrogens with two attached hydrogens (primary N) is 1. The van der Waals surface area contributed by atoms with Gasteiger partial charge < -0.3 is 20.1 Å². The average Bonchev–Trinajstić information content (AvgIpc) is 2.82. The number of aryl methyl sites for hydroxylation is 1. The van der Waals surface area contributed by atoms with Crippen molar-refractivity contribution in [3.63, 3.8) is 0 Å². The Hall–Kier alpha value is -3.24. The number of ether oxygens (including phenoxy) is 2. The van der Waals surface area contributed by atoms with Crippen molar-refractivity contribution in [3.05, 3.63) is 80.2 Å². The second-order valence-electron chi connectivity index (χ2n) is 8.57. The van der Waals surface area contributed by atoms with Gasteiger partial charge in [0.1, 0.15) is 12.4 Å². The van der Waals surface area contributed by atoms with Crippen LogP contribution in [0.5, 0.6) is 11.5 Å². The Bertz CT molecular complexity index is 1220. The molecule has 2 N–H and O–H groups in total. The summed E-state index contributed by atoms with van der Waals surface area (Å²) in [5, 5.41) is 10.0. The summed E-state index contributed by atoms with van der Waals surface area (Å²) in [6.45, 7) is 4.80. The molecule has 2 aliphatic rings. The lowest BCUT2D eigenvalue weighted by molar-refractivity contribution is -0.116. The van der Waals surface area contributed by atoms with E-state index in [2.05, 4.69) is 22.0 Å². The van der Waals surface area contributed by atoms with Crippen LogP contribution in [0.3, 0.4) is 0 Å². The topological polar surface area (TPSA) is 88.6 Å². The number of carbonyl (C=O) groups is 1. The summed E-state index contributed by atoms with van der Waals surface area (Å²) in [5.74, 6) is 1.04. The van der Waals surface area contributed by atoms with Gasteiger partial charge in [0, 0.05) is 29.2 Å². The highest BCUT2D eigenvalue weighted by molar-refractivity contribution is 9.10. The Balaban J connectivity index is 1.77. The number of allylic oxidation sites excluding steroid dienone is 3. The third-order valence-electron chi connectivity index (χ3n) is 6.36. The SMILES string of the molecule is CCOc1cc([C@@H]2C(C#N)=C(N)N(C)C3=C2C(=O)CCC3)c(Br)cc1OCc1ccc(C)cc1. The number of nitrogens with zero attached hydrogens (tertiary/aromatic N) is 2. The molecule has 0 amide bonds. The Morgan fingerprint density at radius 1 is 1.18 bits per heavy atom. The lowest BCUT2D eigenvalue weighted by Crippen LogP contribution is -2.36. The normalized spacial score (nSPS) is 18.0. The van der Waals surface area contributed by atoms with E-state index in [0.29, 0.717) is 48.1 Å². The monoisotopic (exact) mass is 521 g/mol. The highest BCUT2D eigenvalue weighted by atomic mass is 79.9. The zero-order valence-electron chi connectivity index (χ0n) is 19.7. The Kier molecular flexibility index (Phi) is 6.99. The standard InChI is InChI=1S/C27H28BrN3O3/c1-4-33-23-12-18(20(28)13-24(23)34-15-17-10-8-16(2)9-11-17)25-19(14-29)27(30)31(3)21-6-5-7-22(32)26(21)25/h8-13,25H,4-7,15,30H2,1-3H3/t25-/m1/s1. The van der Waals surface area contributed by atoms with Crippen LogP contribution < -0.4 is 15.2 Å². The molecule has 6 nitrogen and oxygen atoms in total. The first-order valence-corrected chi connectivity index (χ1v) is 12.2. The molecule has 1 heterocycles. The van der Waals surface area contributed by atoms with E-state index in [4.69, 9.17) is 15.2 Å². The van der Waals surface area contributed by atoms with Gasteiger partial charge in [-0.15, -0.1) is 0 Å². The Morgan fingerprint density at radius 3 is 2.56 bits per heavy atom. The van der Waals surface area contributed by atoms with Crippen LogP contribution in [0, 0.1) is 18.3 Å². The minimum atomic E-state index is -0.552. The molecule has 2 aromatic carbocycles. The molecule has 0 unspecified atom stereocenters. The molecule has 0 saturated carbocycles. The van der Waals surface area contributed by atoms with Crippen molar-refractivity contribution < 1.29 is 14.3 Å². The van der Waals surface area contributed by atoms with Gasteiger partial charge >= 0.3 is 0 Å².